The summed E-state index contributed by atoms with van der Waals surface area (Å²) < 4.78 is 6.65. The fourth-order valence-corrected chi connectivity index (χ4v) is 3.22. The van der Waals surface area contributed by atoms with Crippen LogP contribution in [0.25, 0.3) is 11.1 Å². The van der Waals surface area contributed by atoms with E-state index in [1.54, 1.807) is 13.1 Å². The summed E-state index contributed by atoms with van der Waals surface area (Å²) in [5, 5.41) is 10.5. The molecule has 3 atom stereocenters. The lowest BCUT2D eigenvalue weighted by atomic mass is 9.88. The fraction of sp³-hybridized carbons (Fsp3) is 0.533. The smallest absolute Gasteiger partial charge is 0.408 e. The van der Waals surface area contributed by atoms with E-state index in [2.05, 4.69) is 6.92 Å². The first-order valence-corrected chi connectivity index (χ1v) is 6.85. The maximum absolute atomic E-state index is 11.5. The molecule has 0 aliphatic heterocycles. The standard InChI is InChI=1S/C15H19NO3/c1-9-4-3-5-11(9)14(17)10-6-7-12-13(8-10)19-15(18)16(12)2/h6-9,11,14,17H,3-5H2,1-2H3. The number of aromatic nitrogens is 1. The van der Waals surface area contributed by atoms with E-state index < -0.39 is 6.10 Å². The van der Waals surface area contributed by atoms with Crippen LogP contribution in [0.2, 0.25) is 0 Å². The number of aliphatic hydroxyl groups is 1. The molecule has 3 rings (SSSR count). The average molecular weight is 261 g/mol. The predicted octanol–water partition coefficient (Wildman–Crippen LogP) is 2.60. The van der Waals surface area contributed by atoms with Gasteiger partial charge in [0.2, 0.25) is 0 Å². The third kappa shape index (κ3) is 2.00. The van der Waals surface area contributed by atoms with Crippen molar-refractivity contribution in [3.63, 3.8) is 0 Å². The highest BCUT2D eigenvalue weighted by molar-refractivity contribution is 5.73. The van der Waals surface area contributed by atoms with Crippen molar-refractivity contribution in [3.8, 4) is 0 Å². The summed E-state index contributed by atoms with van der Waals surface area (Å²) in [6.45, 7) is 2.20. The number of aryl methyl sites for hydroxylation is 1. The first-order valence-electron chi connectivity index (χ1n) is 6.85. The fourth-order valence-electron chi connectivity index (χ4n) is 3.22. The van der Waals surface area contributed by atoms with Gasteiger partial charge in [-0.15, -0.1) is 0 Å². The largest absolute Gasteiger partial charge is 0.419 e. The van der Waals surface area contributed by atoms with Crippen LogP contribution in [0.3, 0.4) is 0 Å². The van der Waals surface area contributed by atoms with E-state index >= 15 is 0 Å². The Hall–Kier alpha value is -1.55. The minimum absolute atomic E-state index is 0.313. The first-order chi connectivity index (χ1) is 9.08. The summed E-state index contributed by atoms with van der Waals surface area (Å²) in [5.74, 6) is 0.497. The van der Waals surface area contributed by atoms with Crippen LogP contribution in [0.1, 0.15) is 37.9 Å². The zero-order valence-corrected chi connectivity index (χ0v) is 11.3. The van der Waals surface area contributed by atoms with Crippen molar-refractivity contribution < 1.29 is 9.52 Å². The highest BCUT2D eigenvalue weighted by Crippen LogP contribution is 2.40. The topological polar surface area (TPSA) is 55.4 Å². The summed E-state index contributed by atoms with van der Waals surface area (Å²) in [5.41, 5.74) is 2.16. The van der Waals surface area contributed by atoms with Gasteiger partial charge in [-0.2, -0.15) is 0 Å². The lowest BCUT2D eigenvalue weighted by molar-refractivity contribution is 0.0901. The molecule has 1 aliphatic rings. The third-order valence-electron chi connectivity index (χ3n) is 4.49. The number of fused-ring (bicyclic) bond motifs is 1. The molecule has 1 saturated carbocycles. The molecule has 4 heteroatoms. The van der Waals surface area contributed by atoms with Gasteiger partial charge in [-0.05, 0) is 36.0 Å². The zero-order chi connectivity index (χ0) is 13.6. The Labute approximate surface area is 111 Å². The Kier molecular flexibility index (Phi) is 2.97. The van der Waals surface area contributed by atoms with Crippen LogP contribution in [-0.4, -0.2) is 9.67 Å². The van der Waals surface area contributed by atoms with Gasteiger partial charge in [-0.25, -0.2) is 4.79 Å². The van der Waals surface area contributed by atoms with Crippen molar-refractivity contribution in [2.75, 3.05) is 0 Å². The van der Waals surface area contributed by atoms with Crippen molar-refractivity contribution in [2.45, 2.75) is 32.3 Å². The van der Waals surface area contributed by atoms with Gasteiger partial charge in [0.1, 0.15) is 0 Å². The van der Waals surface area contributed by atoms with Crippen molar-refractivity contribution in [1.82, 2.24) is 4.57 Å². The van der Waals surface area contributed by atoms with Gasteiger partial charge >= 0.3 is 5.76 Å². The van der Waals surface area contributed by atoms with Crippen LogP contribution in [0.4, 0.5) is 0 Å². The molecule has 1 aliphatic carbocycles. The zero-order valence-electron chi connectivity index (χ0n) is 11.3. The Morgan fingerprint density at radius 1 is 1.42 bits per heavy atom. The highest BCUT2D eigenvalue weighted by atomic mass is 16.4. The number of hydrogen-bond donors (Lipinski definition) is 1. The van der Waals surface area contributed by atoms with Crippen LogP contribution in [0, 0.1) is 11.8 Å². The van der Waals surface area contributed by atoms with Crippen LogP contribution < -0.4 is 5.76 Å². The molecule has 102 valence electrons. The molecule has 1 aromatic carbocycles. The summed E-state index contributed by atoms with van der Waals surface area (Å²) in [4.78, 5) is 11.5. The molecule has 0 radical (unpaired) electrons. The SMILES string of the molecule is CC1CCCC1C(O)c1ccc2c(c1)oc(=O)n2C. The number of aliphatic hydroxyl groups excluding tert-OH is 1. The Balaban J connectivity index is 1.99. The maximum atomic E-state index is 11.5. The van der Waals surface area contributed by atoms with Crippen LogP contribution >= 0.6 is 0 Å². The molecular formula is C15H19NO3. The van der Waals surface area contributed by atoms with Crippen molar-refractivity contribution in [1.29, 1.82) is 0 Å². The second kappa shape index (κ2) is 4.53. The minimum atomic E-state index is -0.465. The molecule has 0 saturated heterocycles. The van der Waals surface area contributed by atoms with Gasteiger partial charge < -0.3 is 9.52 Å². The second-order valence-corrected chi connectivity index (χ2v) is 5.67. The molecule has 1 fully saturated rings. The molecule has 2 aromatic rings. The van der Waals surface area contributed by atoms with Crippen molar-refractivity contribution >= 4 is 11.1 Å². The molecular weight excluding hydrogens is 242 g/mol. The molecule has 3 unspecified atom stereocenters. The molecule has 1 N–H and O–H groups in total. The Morgan fingerprint density at radius 3 is 2.89 bits per heavy atom. The molecule has 0 bridgehead atoms. The average Bonchev–Trinajstić information content (AvgIpc) is 2.93. The number of oxazole rings is 1. The summed E-state index contributed by atoms with van der Waals surface area (Å²) in [6.07, 6.45) is 2.97. The number of benzene rings is 1. The molecule has 1 heterocycles. The van der Waals surface area contributed by atoms with E-state index in [1.165, 1.54) is 17.4 Å². The molecule has 0 spiro atoms. The molecule has 1 aromatic heterocycles. The lowest BCUT2D eigenvalue weighted by Crippen LogP contribution is -2.15. The summed E-state index contributed by atoms with van der Waals surface area (Å²) >= 11 is 0. The van der Waals surface area contributed by atoms with Crippen LogP contribution in [0.15, 0.2) is 27.4 Å². The van der Waals surface area contributed by atoms with Gasteiger partial charge in [-0.3, -0.25) is 4.57 Å². The van der Waals surface area contributed by atoms with E-state index in [-0.39, 0.29) is 5.76 Å². The number of nitrogens with zero attached hydrogens (tertiary/aromatic N) is 1. The van der Waals surface area contributed by atoms with Gasteiger partial charge in [0.15, 0.2) is 5.58 Å². The highest BCUT2D eigenvalue weighted by Gasteiger charge is 2.30. The molecule has 19 heavy (non-hydrogen) atoms. The van der Waals surface area contributed by atoms with Crippen molar-refractivity contribution in [2.24, 2.45) is 18.9 Å². The normalized spacial score (nSPS) is 25.0. The van der Waals surface area contributed by atoms with E-state index in [4.69, 9.17) is 4.42 Å². The maximum Gasteiger partial charge on any atom is 0.419 e. The van der Waals surface area contributed by atoms with Crippen LogP contribution in [0.5, 0.6) is 0 Å². The summed E-state index contributed by atoms with van der Waals surface area (Å²) in [7, 11) is 1.68. The van der Waals surface area contributed by atoms with E-state index in [1.807, 2.05) is 12.1 Å². The quantitative estimate of drug-likeness (QED) is 0.904. The molecule has 4 nitrogen and oxygen atoms in total. The van der Waals surface area contributed by atoms with Crippen LogP contribution in [-0.2, 0) is 7.05 Å². The van der Waals surface area contributed by atoms with Gasteiger partial charge in [0.05, 0.1) is 11.6 Å². The third-order valence-corrected chi connectivity index (χ3v) is 4.49. The van der Waals surface area contributed by atoms with Gasteiger partial charge in [0.25, 0.3) is 0 Å². The predicted molar refractivity (Wildman–Crippen MR) is 72.9 cm³/mol. The number of rotatable bonds is 2. The number of hydrogen-bond acceptors (Lipinski definition) is 3. The van der Waals surface area contributed by atoms with E-state index in [0.717, 1.165) is 17.5 Å². The minimum Gasteiger partial charge on any atom is -0.408 e. The Bertz CT molecular complexity index is 655. The second-order valence-electron chi connectivity index (χ2n) is 5.67. The summed E-state index contributed by atoms with van der Waals surface area (Å²) in [6, 6.07) is 5.54. The molecule has 0 amide bonds. The van der Waals surface area contributed by atoms with Gasteiger partial charge in [-0.1, -0.05) is 25.8 Å². The first kappa shape index (κ1) is 12.5. The van der Waals surface area contributed by atoms with Gasteiger partial charge in [0, 0.05) is 7.05 Å². The Morgan fingerprint density at radius 2 is 2.21 bits per heavy atom. The van der Waals surface area contributed by atoms with E-state index in [9.17, 15) is 9.90 Å². The van der Waals surface area contributed by atoms with E-state index in [0.29, 0.717) is 17.4 Å². The monoisotopic (exact) mass is 261 g/mol. The lowest BCUT2D eigenvalue weighted by Gasteiger charge is -2.22. The van der Waals surface area contributed by atoms with Crippen molar-refractivity contribution in [3.05, 3.63) is 34.3 Å².